The molecule has 2 aromatic rings. The summed E-state index contributed by atoms with van der Waals surface area (Å²) in [4.78, 5) is 4.16. The monoisotopic (exact) mass is 228 g/mol. The predicted molar refractivity (Wildman–Crippen MR) is 73.0 cm³/mol. The van der Waals surface area contributed by atoms with E-state index in [1.165, 1.54) is 29.2 Å². The lowest BCUT2D eigenvalue weighted by atomic mass is 10.1. The molecule has 0 fully saturated rings. The summed E-state index contributed by atoms with van der Waals surface area (Å²) in [5.41, 5.74) is 1.36. The molecular formula is C15H20N2. The van der Waals surface area contributed by atoms with Crippen molar-refractivity contribution < 1.29 is 0 Å². The second-order valence-corrected chi connectivity index (χ2v) is 4.41. The molecule has 0 radical (unpaired) electrons. The molecule has 1 aromatic heterocycles. The number of nitrogens with one attached hydrogen (secondary N) is 1. The smallest absolute Gasteiger partial charge is 0.0346 e. The fraction of sp³-hybridized carbons (Fsp3) is 0.400. The van der Waals surface area contributed by atoms with E-state index in [2.05, 4.69) is 48.4 Å². The Morgan fingerprint density at radius 1 is 1.18 bits per heavy atom. The zero-order chi connectivity index (χ0) is 12.1. The third-order valence-corrected chi connectivity index (χ3v) is 3.34. The molecule has 2 rings (SSSR count). The summed E-state index contributed by atoms with van der Waals surface area (Å²) in [6, 6.07) is 9.13. The van der Waals surface area contributed by atoms with Crippen molar-refractivity contribution in [3.8, 4) is 0 Å². The summed E-state index contributed by atoms with van der Waals surface area (Å²) < 4.78 is 0. The van der Waals surface area contributed by atoms with E-state index >= 15 is 0 Å². The van der Waals surface area contributed by atoms with Crippen molar-refractivity contribution in [2.75, 3.05) is 0 Å². The topological polar surface area (TPSA) is 24.9 Å². The van der Waals surface area contributed by atoms with E-state index in [0.29, 0.717) is 6.04 Å². The van der Waals surface area contributed by atoms with Crippen LogP contribution >= 0.6 is 0 Å². The van der Waals surface area contributed by atoms with Gasteiger partial charge in [0.05, 0.1) is 0 Å². The van der Waals surface area contributed by atoms with Gasteiger partial charge in [-0.2, -0.15) is 0 Å². The maximum absolute atomic E-state index is 4.16. The highest BCUT2D eigenvalue weighted by Gasteiger charge is 2.04. The van der Waals surface area contributed by atoms with Gasteiger partial charge in [-0.25, -0.2) is 0 Å². The van der Waals surface area contributed by atoms with E-state index in [-0.39, 0.29) is 0 Å². The zero-order valence-electron chi connectivity index (χ0n) is 10.6. The Kier molecular flexibility index (Phi) is 4.10. The van der Waals surface area contributed by atoms with Crippen molar-refractivity contribution >= 4 is 10.8 Å². The maximum Gasteiger partial charge on any atom is 0.0346 e. The number of nitrogens with zero attached hydrogens (tertiary/aromatic N) is 1. The number of hydrogen-bond acceptors (Lipinski definition) is 2. The lowest BCUT2D eigenvalue weighted by Crippen LogP contribution is -2.27. The molecule has 90 valence electrons. The van der Waals surface area contributed by atoms with Crippen molar-refractivity contribution in [1.82, 2.24) is 10.3 Å². The van der Waals surface area contributed by atoms with Crippen LogP contribution < -0.4 is 5.32 Å². The average Bonchev–Trinajstić information content (AvgIpc) is 2.40. The van der Waals surface area contributed by atoms with Crippen LogP contribution in [0, 0.1) is 0 Å². The van der Waals surface area contributed by atoms with E-state index in [4.69, 9.17) is 0 Å². The third-order valence-electron chi connectivity index (χ3n) is 3.34. The van der Waals surface area contributed by atoms with Gasteiger partial charge in [-0.3, -0.25) is 4.98 Å². The SMILES string of the molecule is CCC(CC)NCc1cccc2cnccc12. The van der Waals surface area contributed by atoms with Crippen LogP contribution in [-0.4, -0.2) is 11.0 Å². The van der Waals surface area contributed by atoms with Crippen molar-refractivity contribution in [3.63, 3.8) is 0 Å². The van der Waals surface area contributed by atoms with Gasteiger partial charge < -0.3 is 5.32 Å². The van der Waals surface area contributed by atoms with Gasteiger partial charge in [-0.05, 0) is 29.9 Å². The van der Waals surface area contributed by atoms with E-state index in [1.54, 1.807) is 0 Å². The molecule has 0 amide bonds. The lowest BCUT2D eigenvalue weighted by molar-refractivity contribution is 0.485. The minimum atomic E-state index is 0.618. The third kappa shape index (κ3) is 2.83. The molecule has 0 saturated heterocycles. The Morgan fingerprint density at radius 2 is 2.00 bits per heavy atom. The molecule has 0 atom stereocenters. The fourth-order valence-corrected chi connectivity index (χ4v) is 2.18. The van der Waals surface area contributed by atoms with Gasteiger partial charge in [-0.1, -0.05) is 32.0 Å². The first kappa shape index (κ1) is 12.1. The van der Waals surface area contributed by atoms with Gasteiger partial charge in [0.1, 0.15) is 0 Å². The summed E-state index contributed by atoms with van der Waals surface area (Å²) in [6.07, 6.45) is 6.16. The molecule has 2 nitrogen and oxygen atoms in total. The van der Waals surface area contributed by atoms with Crippen LogP contribution in [0.25, 0.3) is 10.8 Å². The molecule has 17 heavy (non-hydrogen) atoms. The van der Waals surface area contributed by atoms with Gasteiger partial charge in [0.15, 0.2) is 0 Å². The molecule has 0 saturated carbocycles. The maximum atomic E-state index is 4.16. The second-order valence-electron chi connectivity index (χ2n) is 4.41. The largest absolute Gasteiger partial charge is 0.310 e. The number of hydrogen-bond donors (Lipinski definition) is 1. The minimum absolute atomic E-state index is 0.618. The number of pyridine rings is 1. The Hall–Kier alpha value is -1.41. The van der Waals surface area contributed by atoms with E-state index in [1.807, 2.05) is 12.4 Å². The first-order chi connectivity index (χ1) is 8.35. The fourth-order valence-electron chi connectivity index (χ4n) is 2.18. The molecule has 0 aliphatic rings. The Balaban J connectivity index is 2.18. The molecule has 0 bridgehead atoms. The summed E-state index contributed by atoms with van der Waals surface area (Å²) in [5.74, 6) is 0. The number of fused-ring (bicyclic) bond motifs is 1. The van der Waals surface area contributed by atoms with Gasteiger partial charge in [0, 0.05) is 30.4 Å². The van der Waals surface area contributed by atoms with Crippen LogP contribution in [0.1, 0.15) is 32.3 Å². The van der Waals surface area contributed by atoms with Gasteiger partial charge in [0.2, 0.25) is 0 Å². The van der Waals surface area contributed by atoms with Crippen LogP contribution in [0.3, 0.4) is 0 Å². The standard InChI is InChI=1S/C15H20N2/c1-3-14(4-2)17-11-13-7-5-6-12-10-16-9-8-15(12)13/h5-10,14,17H,3-4,11H2,1-2H3. The highest BCUT2D eigenvalue weighted by Crippen LogP contribution is 2.17. The predicted octanol–water partition coefficient (Wildman–Crippen LogP) is 3.51. The van der Waals surface area contributed by atoms with E-state index in [9.17, 15) is 0 Å². The van der Waals surface area contributed by atoms with Crippen LogP contribution in [0.5, 0.6) is 0 Å². The molecule has 2 heteroatoms. The molecule has 1 N–H and O–H groups in total. The molecular weight excluding hydrogens is 208 g/mol. The first-order valence-electron chi connectivity index (χ1n) is 6.40. The molecule has 0 spiro atoms. The Labute approximate surface area is 103 Å². The van der Waals surface area contributed by atoms with Crippen LogP contribution in [0.2, 0.25) is 0 Å². The minimum Gasteiger partial charge on any atom is -0.310 e. The van der Waals surface area contributed by atoms with Crippen molar-refractivity contribution in [1.29, 1.82) is 0 Å². The first-order valence-corrected chi connectivity index (χ1v) is 6.40. The summed E-state index contributed by atoms with van der Waals surface area (Å²) in [5, 5.41) is 6.13. The van der Waals surface area contributed by atoms with Gasteiger partial charge in [0.25, 0.3) is 0 Å². The molecule has 0 aliphatic heterocycles. The van der Waals surface area contributed by atoms with E-state index in [0.717, 1.165) is 6.54 Å². The van der Waals surface area contributed by atoms with Gasteiger partial charge in [-0.15, -0.1) is 0 Å². The quantitative estimate of drug-likeness (QED) is 0.847. The summed E-state index contributed by atoms with van der Waals surface area (Å²) >= 11 is 0. The summed E-state index contributed by atoms with van der Waals surface area (Å²) in [6.45, 7) is 5.40. The van der Waals surface area contributed by atoms with Crippen LogP contribution in [-0.2, 0) is 6.54 Å². The summed E-state index contributed by atoms with van der Waals surface area (Å²) in [7, 11) is 0. The van der Waals surface area contributed by atoms with Crippen molar-refractivity contribution in [2.24, 2.45) is 0 Å². The Bertz CT molecular complexity index is 470. The second kappa shape index (κ2) is 5.78. The molecule has 0 aliphatic carbocycles. The van der Waals surface area contributed by atoms with Crippen molar-refractivity contribution in [3.05, 3.63) is 42.2 Å². The molecule has 1 aromatic carbocycles. The number of rotatable bonds is 5. The lowest BCUT2D eigenvalue weighted by Gasteiger charge is -2.15. The van der Waals surface area contributed by atoms with Gasteiger partial charge >= 0.3 is 0 Å². The van der Waals surface area contributed by atoms with E-state index < -0.39 is 0 Å². The van der Waals surface area contributed by atoms with Crippen LogP contribution in [0.4, 0.5) is 0 Å². The highest BCUT2D eigenvalue weighted by atomic mass is 14.9. The zero-order valence-corrected chi connectivity index (χ0v) is 10.6. The number of aromatic nitrogens is 1. The Morgan fingerprint density at radius 3 is 2.76 bits per heavy atom. The van der Waals surface area contributed by atoms with Crippen LogP contribution in [0.15, 0.2) is 36.7 Å². The number of benzene rings is 1. The average molecular weight is 228 g/mol. The highest BCUT2D eigenvalue weighted by molar-refractivity contribution is 5.84. The molecule has 0 unspecified atom stereocenters. The molecule has 1 heterocycles. The normalized spacial score (nSPS) is 11.2. The van der Waals surface area contributed by atoms with Crippen molar-refractivity contribution in [2.45, 2.75) is 39.3 Å².